The molecule has 1 atom stereocenters. The van der Waals surface area contributed by atoms with E-state index in [1.165, 1.54) is 6.07 Å². The van der Waals surface area contributed by atoms with E-state index in [9.17, 15) is 9.18 Å². The number of benzene rings is 1. The van der Waals surface area contributed by atoms with E-state index in [0.29, 0.717) is 44.1 Å². The summed E-state index contributed by atoms with van der Waals surface area (Å²) in [6.45, 7) is 8.31. The van der Waals surface area contributed by atoms with Crippen LogP contribution in [0.15, 0.2) is 18.2 Å². The Labute approximate surface area is 136 Å². The average molecular weight is 322 g/mol. The molecule has 1 amide bonds. The first-order valence-electron chi connectivity index (χ1n) is 7.95. The average Bonchev–Trinajstić information content (AvgIpc) is 2.65. The summed E-state index contributed by atoms with van der Waals surface area (Å²) >= 11 is 0. The Hall–Kier alpha value is -1.82. The van der Waals surface area contributed by atoms with Crippen molar-refractivity contribution in [1.82, 2.24) is 9.80 Å². The van der Waals surface area contributed by atoms with E-state index in [-0.39, 0.29) is 18.0 Å². The molecule has 0 aliphatic carbocycles. The summed E-state index contributed by atoms with van der Waals surface area (Å²) in [7, 11) is 0. The molecule has 0 N–H and O–H groups in total. The highest BCUT2D eigenvalue weighted by atomic mass is 19.1. The van der Waals surface area contributed by atoms with Gasteiger partial charge in [-0.15, -0.1) is 0 Å². The number of hydrogen-bond acceptors (Lipinski definition) is 4. The second-order valence-corrected chi connectivity index (χ2v) is 7.08. The minimum Gasteiger partial charge on any atom is -0.491 e. The lowest BCUT2D eigenvalue weighted by molar-refractivity contribution is -0.00164. The van der Waals surface area contributed by atoms with Crippen LogP contribution in [0.4, 0.5) is 9.18 Å². The molecule has 2 aliphatic rings. The summed E-state index contributed by atoms with van der Waals surface area (Å²) in [5.41, 5.74) is 0.0915. The van der Waals surface area contributed by atoms with Crippen molar-refractivity contribution in [1.29, 1.82) is 0 Å². The van der Waals surface area contributed by atoms with Crippen LogP contribution in [0, 0.1) is 5.82 Å². The lowest BCUT2D eigenvalue weighted by Crippen LogP contribution is -2.56. The highest BCUT2D eigenvalue weighted by Gasteiger charge is 2.34. The minimum atomic E-state index is -0.506. The first-order valence-corrected chi connectivity index (χ1v) is 7.95. The molecule has 5 nitrogen and oxygen atoms in total. The fourth-order valence-electron chi connectivity index (χ4n) is 2.97. The molecular weight excluding hydrogens is 299 g/mol. The molecule has 0 spiro atoms. The van der Waals surface area contributed by atoms with Crippen molar-refractivity contribution in [3.63, 3.8) is 0 Å². The summed E-state index contributed by atoms with van der Waals surface area (Å²) < 4.78 is 25.2. The Morgan fingerprint density at radius 3 is 2.87 bits per heavy atom. The van der Waals surface area contributed by atoms with Crippen LogP contribution in [0.3, 0.4) is 0 Å². The van der Waals surface area contributed by atoms with E-state index in [4.69, 9.17) is 9.47 Å². The standard InChI is InChI=1S/C17H23FN2O3/c1-17(2,3)23-16(21)20-8-7-19-10-13-14(18)5-4-6-15(13)22-11-12(19)9-20/h4-6,12H,7-11H2,1-3H3. The molecule has 3 rings (SSSR count). The number of nitrogens with zero attached hydrogens (tertiary/aromatic N) is 2. The van der Waals surface area contributed by atoms with Crippen LogP contribution in [-0.2, 0) is 11.3 Å². The predicted octanol–water partition coefficient (Wildman–Crippen LogP) is 2.64. The molecular formula is C17H23FN2O3. The predicted molar refractivity (Wildman–Crippen MR) is 83.9 cm³/mol. The maximum absolute atomic E-state index is 14.0. The van der Waals surface area contributed by atoms with Gasteiger partial charge >= 0.3 is 6.09 Å². The van der Waals surface area contributed by atoms with Gasteiger partial charge in [0.2, 0.25) is 0 Å². The Morgan fingerprint density at radius 2 is 2.13 bits per heavy atom. The summed E-state index contributed by atoms with van der Waals surface area (Å²) in [5, 5.41) is 0. The number of halogens is 1. The van der Waals surface area contributed by atoms with Crippen molar-refractivity contribution >= 4 is 6.09 Å². The van der Waals surface area contributed by atoms with Gasteiger partial charge in [0.1, 0.15) is 23.8 Å². The number of carbonyl (C=O) groups excluding carboxylic acids is 1. The van der Waals surface area contributed by atoms with Crippen LogP contribution in [0.5, 0.6) is 5.75 Å². The normalized spacial score (nSPS) is 21.7. The van der Waals surface area contributed by atoms with Gasteiger partial charge in [-0.1, -0.05) is 6.07 Å². The third-order valence-corrected chi connectivity index (χ3v) is 4.12. The summed E-state index contributed by atoms with van der Waals surface area (Å²) in [4.78, 5) is 16.1. The SMILES string of the molecule is CC(C)(C)OC(=O)N1CCN2Cc3c(F)cccc3OCC2C1. The summed E-state index contributed by atoms with van der Waals surface area (Å²) in [6.07, 6.45) is -0.301. The highest BCUT2D eigenvalue weighted by Crippen LogP contribution is 2.28. The van der Waals surface area contributed by atoms with E-state index in [0.717, 1.165) is 0 Å². The van der Waals surface area contributed by atoms with Gasteiger partial charge in [-0.2, -0.15) is 0 Å². The van der Waals surface area contributed by atoms with Crippen LogP contribution >= 0.6 is 0 Å². The maximum Gasteiger partial charge on any atom is 0.410 e. The number of amides is 1. The number of hydrogen-bond donors (Lipinski definition) is 0. The Kier molecular flexibility index (Phi) is 4.19. The summed E-state index contributed by atoms with van der Waals surface area (Å²) in [5.74, 6) is 0.362. The molecule has 0 bridgehead atoms. The van der Waals surface area contributed by atoms with Crippen molar-refractivity contribution in [2.45, 2.75) is 39.0 Å². The second kappa shape index (κ2) is 6.00. The molecule has 0 aromatic heterocycles. The fraction of sp³-hybridized carbons (Fsp3) is 0.588. The zero-order valence-corrected chi connectivity index (χ0v) is 13.8. The molecule has 23 heavy (non-hydrogen) atoms. The van der Waals surface area contributed by atoms with Crippen LogP contribution in [0.25, 0.3) is 0 Å². The Balaban J connectivity index is 1.70. The van der Waals surface area contributed by atoms with E-state index in [1.54, 1.807) is 17.0 Å². The van der Waals surface area contributed by atoms with Crippen molar-refractivity contribution in [3.05, 3.63) is 29.6 Å². The number of ether oxygens (including phenoxy) is 2. The van der Waals surface area contributed by atoms with Gasteiger partial charge in [0.15, 0.2) is 0 Å². The molecule has 1 fully saturated rings. The molecule has 2 aliphatic heterocycles. The monoisotopic (exact) mass is 322 g/mol. The molecule has 0 radical (unpaired) electrons. The molecule has 1 aromatic rings. The van der Waals surface area contributed by atoms with Crippen LogP contribution in [-0.4, -0.2) is 53.8 Å². The molecule has 1 unspecified atom stereocenters. The van der Waals surface area contributed by atoms with Gasteiger partial charge < -0.3 is 14.4 Å². The first kappa shape index (κ1) is 16.1. The lowest BCUT2D eigenvalue weighted by Gasteiger charge is -2.40. The van der Waals surface area contributed by atoms with Gasteiger partial charge in [0.25, 0.3) is 0 Å². The Bertz CT molecular complexity index is 600. The zero-order valence-electron chi connectivity index (χ0n) is 13.8. The summed E-state index contributed by atoms with van der Waals surface area (Å²) in [6, 6.07) is 4.95. The number of piperazine rings is 1. The van der Waals surface area contributed by atoms with E-state index in [1.807, 2.05) is 20.8 Å². The van der Waals surface area contributed by atoms with Crippen molar-refractivity contribution < 1.29 is 18.7 Å². The number of rotatable bonds is 0. The van der Waals surface area contributed by atoms with Crippen molar-refractivity contribution in [2.75, 3.05) is 26.2 Å². The van der Waals surface area contributed by atoms with Gasteiger partial charge in [0, 0.05) is 31.7 Å². The topological polar surface area (TPSA) is 42.0 Å². The zero-order chi connectivity index (χ0) is 16.6. The van der Waals surface area contributed by atoms with E-state index < -0.39 is 5.60 Å². The van der Waals surface area contributed by atoms with Crippen LogP contribution < -0.4 is 4.74 Å². The van der Waals surface area contributed by atoms with Gasteiger partial charge in [-0.3, -0.25) is 4.90 Å². The van der Waals surface area contributed by atoms with E-state index in [2.05, 4.69) is 4.90 Å². The van der Waals surface area contributed by atoms with Crippen LogP contribution in [0.2, 0.25) is 0 Å². The van der Waals surface area contributed by atoms with Gasteiger partial charge in [-0.25, -0.2) is 9.18 Å². The Morgan fingerprint density at radius 1 is 1.35 bits per heavy atom. The molecule has 6 heteroatoms. The van der Waals surface area contributed by atoms with Crippen molar-refractivity contribution in [2.24, 2.45) is 0 Å². The highest BCUT2D eigenvalue weighted by molar-refractivity contribution is 5.68. The third-order valence-electron chi connectivity index (χ3n) is 4.12. The second-order valence-electron chi connectivity index (χ2n) is 7.08. The van der Waals surface area contributed by atoms with E-state index >= 15 is 0 Å². The molecule has 126 valence electrons. The third kappa shape index (κ3) is 3.58. The number of carbonyl (C=O) groups is 1. The molecule has 1 aromatic carbocycles. The molecule has 0 saturated carbocycles. The van der Waals surface area contributed by atoms with Crippen LogP contribution in [0.1, 0.15) is 26.3 Å². The minimum absolute atomic E-state index is 0.0445. The maximum atomic E-state index is 14.0. The number of fused-ring (bicyclic) bond motifs is 2. The molecule has 1 saturated heterocycles. The molecule has 2 heterocycles. The largest absolute Gasteiger partial charge is 0.491 e. The van der Waals surface area contributed by atoms with Gasteiger partial charge in [0.05, 0.1) is 6.04 Å². The lowest BCUT2D eigenvalue weighted by atomic mass is 10.1. The first-order chi connectivity index (χ1) is 10.8. The van der Waals surface area contributed by atoms with Crippen molar-refractivity contribution in [3.8, 4) is 5.75 Å². The smallest absolute Gasteiger partial charge is 0.410 e. The quantitative estimate of drug-likeness (QED) is 0.736. The van der Waals surface area contributed by atoms with Gasteiger partial charge in [-0.05, 0) is 32.9 Å². The fourth-order valence-corrected chi connectivity index (χ4v) is 2.97.